The number of hydrogen-bond donors (Lipinski definition) is 0. The summed E-state index contributed by atoms with van der Waals surface area (Å²) >= 11 is 1.35. The molecule has 6 heteroatoms. The Kier molecular flexibility index (Phi) is 7.01. The van der Waals surface area contributed by atoms with Crippen molar-refractivity contribution in [1.29, 1.82) is 0 Å². The smallest absolute Gasteiger partial charge is 0.338 e. The molecule has 162 valence electrons. The summed E-state index contributed by atoms with van der Waals surface area (Å²) in [5.74, 6) is -0.445. The number of benzene rings is 2. The molecule has 31 heavy (non-hydrogen) atoms. The number of hydrogen-bond acceptors (Lipinski definition) is 5. The number of esters is 1. The van der Waals surface area contributed by atoms with Crippen molar-refractivity contribution in [3.63, 3.8) is 0 Å². The van der Waals surface area contributed by atoms with Gasteiger partial charge in [-0.2, -0.15) is 0 Å². The van der Waals surface area contributed by atoms with E-state index in [0.717, 1.165) is 5.56 Å². The molecule has 0 spiro atoms. The van der Waals surface area contributed by atoms with Gasteiger partial charge in [0.05, 0.1) is 22.8 Å². The molecule has 0 saturated carbocycles. The molecule has 0 atom stereocenters. The second kappa shape index (κ2) is 9.52. The van der Waals surface area contributed by atoms with E-state index in [4.69, 9.17) is 4.74 Å². The van der Waals surface area contributed by atoms with Gasteiger partial charge in [-0.1, -0.05) is 51.1 Å². The van der Waals surface area contributed by atoms with E-state index in [1.807, 2.05) is 31.2 Å². The van der Waals surface area contributed by atoms with Crippen molar-refractivity contribution in [1.82, 2.24) is 4.90 Å². The standard InChI is InChI=1S/C25H28N2O3S/c1-6-27-22(28)21(15-17-11-13-19(14-12-17)25(3,4)5)31-24(27)26-20-10-8-9-18(16-20)23(29)30-7-2/h8-16H,6-7H2,1-5H3. The molecular formula is C25H28N2O3S. The maximum Gasteiger partial charge on any atom is 0.338 e. The largest absolute Gasteiger partial charge is 0.462 e. The minimum atomic E-state index is -0.383. The van der Waals surface area contributed by atoms with Crippen LogP contribution in [-0.2, 0) is 14.9 Å². The molecule has 0 radical (unpaired) electrons. The monoisotopic (exact) mass is 436 g/mol. The van der Waals surface area contributed by atoms with Crippen molar-refractivity contribution in [3.05, 3.63) is 70.1 Å². The normalized spacial score (nSPS) is 16.9. The van der Waals surface area contributed by atoms with Crippen LogP contribution in [0.2, 0.25) is 0 Å². The van der Waals surface area contributed by atoms with Crippen LogP contribution in [0.5, 0.6) is 0 Å². The van der Waals surface area contributed by atoms with Crippen molar-refractivity contribution < 1.29 is 14.3 Å². The molecule has 0 bridgehead atoms. The molecule has 1 amide bonds. The fraction of sp³-hybridized carbons (Fsp3) is 0.320. The first-order valence-electron chi connectivity index (χ1n) is 10.4. The first-order valence-corrected chi connectivity index (χ1v) is 11.2. The van der Waals surface area contributed by atoms with Crippen LogP contribution < -0.4 is 0 Å². The van der Waals surface area contributed by atoms with Crippen molar-refractivity contribution in [2.75, 3.05) is 13.2 Å². The molecule has 1 aliphatic heterocycles. The van der Waals surface area contributed by atoms with E-state index in [-0.39, 0.29) is 17.3 Å². The molecule has 5 nitrogen and oxygen atoms in total. The molecule has 3 rings (SSSR count). The average Bonchev–Trinajstić information content (AvgIpc) is 3.02. The Bertz CT molecular complexity index is 1030. The summed E-state index contributed by atoms with van der Waals surface area (Å²) in [6, 6.07) is 15.2. The Morgan fingerprint density at radius 1 is 1.13 bits per heavy atom. The fourth-order valence-corrected chi connectivity index (χ4v) is 4.19. The maximum atomic E-state index is 12.9. The minimum absolute atomic E-state index is 0.0623. The van der Waals surface area contributed by atoms with Gasteiger partial charge in [-0.25, -0.2) is 9.79 Å². The Labute approximate surface area is 188 Å². The van der Waals surface area contributed by atoms with Crippen LogP contribution in [-0.4, -0.2) is 35.1 Å². The third-order valence-electron chi connectivity index (χ3n) is 4.86. The quantitative estimate of drug-likeness (QED) is 0.440. The highest BCUT2D eigenvalue weighted by atomic mass is 32.2. The third kappa shape index (κ3) is 5.44. The lowest BCUT2D eigenvalue weighted by Gasteiger charge is -2.18. The molecular weight excluding hydrogens is 408 g/mol. The van der Waals surface area contributed by atoms with Gasteiger partial charge in [-0.05, 0) is 66.4 Å². The van der Waals surface area contributed by atoms with E-state index in [0.29, 0.717) is 34.5 Å². The van der Waals surface area contributed by atoms with Gasteiger partial charge in [0.2, 0.25) is 0 Å². The van der Waals surface area contributed by atoms with E-state index >= 15 is 0 Å². The van der Waals surface area contributed by atoms with Gasteiger partial charge in [0.1, 0.15) is 0 Å². The number of ether oxygens (including phenoxy) is 1. The number of rotatable bonds is 5. The van der Waals surface area contributed by atoms with Gasteiger partial charge in [0.15, 0.2) is 5.17 Å². The lowest BCUT2D eigenvalue weighted by Crippen LogP contribution is -2.28. The number of aliphatic imine (C=N–C) groups is 1. The van der Waals surface area contributed by atoms with Crippen LogP contribution >= 0.6 is 11.8 Å². The highest BCUT2D eigenvalue weighted by molar-refractivity contribution is 8.18. The summed E-state index contributed by atoms with van der Waals surface area (Å²) in [6.45, 7) is 11.1. The number of carbonyl (C=O) groups excluding carboxylic acids is 2. The maximum absolute atomic E-state index is 12.9. The molecule has 2 aromatic carbocycles. The Morgan fingerprint density at radius 2 is 1.84 bits per heavy atom. The van der Waals surface area contributed by atoms with E-state index in [2.05, 4.69) is 37.9 Å². The van der Waals surface area contributed by atoms with Crippen molar-refractivity contribution in [2.45, 2.75) is 40.0 Å². The first kappa shape index (κ1) is 22.8. The van der Waals surface area contributed by atoms with E-state index in [1.54, 1.807) is 30.0 Å². The highest BCUT2D eigenvalue weighted by Crippen LogP contribution is 2.34. The SMILES string of the molecule is CCOC(=O)c1cccc(N=C2SC(=Cc3ccc(C(C)(C)C)cc3)C(=O)N2CC)c1. The predicted octanol–water partition coefficient (Wildman–Crippen LogP) is 5.78. The average molecular weight is 437 g/mol. The van der Waals surface area contributed by atoms with Crippen LogP contribution in [0.4, 0.5) is 5.69 Å². The zero-order valence-corrected chi connectivity index (χ0v) is 19.5. The molecule has 0 aromatic heterocycles. The Balaban J connectivity index is 1.87. The molecule has 1 saturated heterocycles. The molecule has 1 heterocycles. The highest BCUT2D eigenvalue weighted by Gasteiger charge is 2.32. The lowest BCUT2D eigenvalue weighted by atomic mass is 9.87. The van der Waals surface area contributed by atoms with Crippen molar-refractivity contribution in [3.8, 4) is 0 Å². The zero-order chi connectivity index (χ0) is 22.6. The van der Waals surface area contributed by atoms with Crippen LogP contribution in [0.15, 0.2) is 58.4 Å². The lowest BCUT2D eigenvalue weighted by molar-refractivity contribution is -0.122. The number of amidine groups is 1. The summed E-state index contributed by atoms with van der Waals surface area (Å²) in [4.78, 5) is 31.8. The number of carbonyl (C=O) groups is 2. The topological polar surface area (TPSA) is 59.0 Å². The zero-order valence-electron chi connectivity index (χ0n) is 18.6. The summed E-state index contributed by atoms with van der Waals surface area (Å²) < 4.78 is 5.06. The molecule has 0 aliphatic carbocycles. The van der Waals surface area contributed by atoms with E-state index in [1.165, 1.54) is 17.3 Å². The summed E-state index contributed by atoms with van der Waals surface area (Å²) in [7, 11) is 0. The van der Waals surface area contributed by atoms with Crippen LogP contribution in [0, 0.1) is 0 Å². The van der Waals surface area contributed by atoms with Gasteiger partial charge in [-0.15, -0.1) is 0 Å². The predicted molar refractivity (Wildman–Crippen MR) is 128 cm³/mol. The number of amides is 1. The molecule has 1 aliphatic rings. The van der Waals surface area contributed by atoms with Crippen LogP contribution in [0.25, 0.3) is 6.08 Å². The number of nitrogens with zero attached hydrogens (tertiary/aromatic N) is 2. The summed E-state index contributed by atoms with van der Waals surface area (Å²) in [6.07, 6.45) is 1.90. The van der Waals surface area contributed by atoms with Gasteiger partial charge in [0, 0.05) is 6.54 Å². The first-order chi connectivity index (χ1) is 14.7. The van der Waals surface area contributed by atoms with E-state index < -0.39 is 0 Å². The minimum Gasteiger partial charge on any atom is -0.462 e. The third-order valence-corrected chi connectivity index (χ3v) is 5.87. The van der Waals surface area contributed by atoms with Gasteiger partial charge >= 0.3 is 5.97 Å². The van der Waals surface area contributed by atoms with Crippen molar-refractivity contribution >= 4 is 40.6 Å². The second-order valence-corrected chi connectivity index (χ2v) is 9.21. The van der Waals surface area contributed by atoms with Crippen LogP contribution in [0.1, 0.15) is 56.1 Å². The molecule has 2 aromatic rings. The molecule has 0 N–H and O–H groups in total. The summed E-state index contributed by atoms with van der Waals surface area (Å²) in [5.41, 5.74) is 3.36. The molecule has 0 unspecified atom stereocenters. The van der Waals surface area contributed by atoms with Crippen molar-refractivity contribution in [2.24, 2.45) is 4.99 Å². The van der Waals surface area contributed by atoms with Crippen LogP contribution in [0.3, 0.4) is 0 Å². The molecule has 1 fully saturated rings. The van der Waals surface area contributed by atoms with Gasteiger partial charge < -0.3 is 4.74 Å². The van der Waals surface area contributed by atoms with E-state index in [9.17, 15) is 9.59 Å². The summed E-state index contributed by atoms with van der Waals surface area (Å²) in [5, 5.41) is 0.603. The van der Waals surface area contributed by atoms with Gasteiger partial charge in [-0.3, -0.25) is 9.69 Å². The Morgan fingerprint density at radius 3 is 2.45 bits per heavy atom. The number of thioether (sulfide) groups is 1. The Hall–Kier alpha value is -2.86. The number of likely N-dealkylation sites (N-methyl/N-ethyl adjacent to an activating group) is 1. The van der Waals surface area contributed by atoms with Gasteiger partial charge in [0.25, 0.3) is 5.91 Å². The fourth-order valence-electron chi connectivity index (χ4n) is 3.13. The second-order valence-electron chi connectivity index (χ2n) is 8.20.